The molecule has 2 heterocycles. The number of hydrogen-bond donors (Lipinski definition) is 1. The van der Waals surface area contributed by atoms with Crippen LogP contribution in [0.3, 0.4) is 0 Å². The second kappa shape index (κ2) is 5.18. The lowest BCUT2D eigenvalue weighted by Crippen LogP contribution is -2.48. The molecule has 0 aromatic rings. The number of nitrogens with zero attached hydrogens (tertiary/aromatic N) is 1. The van der Waals surface area contributed by atoms with Crippen molar-refractivity contribution in [3.8, 4) is 0 Å². The van der Waals surface area contributed by atoms with E-state index in [1.165, 1.54) is 18.4 Å². The molecule has 1 saturated heterocycles. The van der Waals surface area contributed by atoms with Gasteiger partial charge in [0.05, 0.1) is 6.04 Å². The molecule has 0 spiro atoms. The van der Waals surface area contributed by atoms with Crippen LogP contribution in [0.25, 0.3) is 0 Å². The molecule has 2 aliphatic rings. The number of carbonyl (C=O) groups is 1. The Morgan fingerprint density at radius 1 is 1.05 bits per heavy atom. The van der Waals surface area contributed by atoms with E-state index >= 15 is 0 Å². The lowest BCUT2D eigenvalue weighted by atomic mass is 9.78. The van der Waals surface area contributed by atoms with Gasteiger partial charge in [-0.05, 0) is 30.4 Å². The van der Waals surface area contributed by atoms with E-state index in [1.54, 1.807) is 0 Å². The second-order valence-electron chi connectivity index (χ2n) is 8.32. The fourth-order valence-corrected chi connectivity index (χ4v) is 3.29. The van der Waals surface area contributed by atoms with Crippen LogP contribution in [0.4, 0.5) is 0 Å². The molecule has 0 bridgehead atoms. The van der Waals surface area contributed by atoms with Crippen molar-refractivity contribution in [1.82, 2.24) is 10.2 Å². The molecule has 20 heavy (non-hydrogen) atoms. The highest BCUT2D eigenvalue weighted by Crippen LogP contribution is 2.38. The smallest absolute Gasteiger partial charge is 0.241 e. The lowest BCUT2D eigenvalue weighted by molar-refractivity contribution is -0.126. The van der Waals surface area contributed by atoms with Crippen LogP contribution in [-0.2, 0) is 4.79 Å². The van der Waals surface area contributed by atoms with E-state index in [0.29, 0.717) is 0 Å². The first kappa shape index (κ1) is 15.6. The number of rotatable bonds is 0. The van der Waals surface area contributed by atoms with Gasteiger partial charge in [-0.1, -0.05) is 48.0 Å². The quantitative estimate of drug-likeness (QED) is 0.737. The van der Waals surface area contributed by atoms with Gasteiger partial charge in [0.1, 0.15) is 0 Å². The van der Waals surface area contributed by atoms with Gasteiger partial charge in [0, 0.05) is 17.7 Å². The number of carbonyl (C=O) groups excluding carboxylic acids is 1. The molecule has 2 rings (SSSR count). The van der Waals surface area contributed by atoms with Crippen LogP contribution in [0.2, 0.25) is 0 Å². The molecule has 2 aliphatic heterocycles. The first-order chi connectivity index (χ1) is 9.10. The van der Waals surface area contributed by atoms with Gasteiger partial charge in [0.2, 0.25) is 5.91 Å². The SMILES string of the molecule is CC(C)(C)C1=C(C(C)(C)C)NC(=O)[C@@H]2CCCCN2C1. The fraction of sp³-hybridized carbons (Fsp3) is 0.824. The number of fused-ring (bicyclic) bond motifs is 1. The van der Waals surface area contributed by atoms with Crippen molar-refractivity contribution in [3.63, 3.8) is 0 Å². The van der Waals surface area contributed by atoms with E-state index in [2.05, 4.69) is 51.8 Å². The summed E-state index contributed by atoms with van der Waals surface area (Å²) < 4.78 is 0. The van der Waals surface area contributed by atoms with E-state index in [1.807, 2.05) is 0 Å². The van der Waals surface area contributed by atoms with Gasteiger partial charge in [0.15, 0.2) is 0 Å². The van der Waals surface area contributed by atoms with Gasteiger partial charge in [-0.2, -0.15) is 0 Å². The normalized spacial score (nSPS) is 26.1. The maximum absolute atomic E-state index is 12.6. The largest absolute Gasteiger partial charge is 0.328 e. The molecule has 3 nitrogen and oxygen atoms in total. The summed E-state index contributed by atoms with van der Waals surface area (Å²) in [5, 5.41) is 3.27. The topological polar surface area (TPSA) is 32.3 Å². The van der Waals surface area contributed by atoms with E-state index in [0.717, 1.165) is 25.2 Å². The monoisotopic (exact) mass is 278 g/mol. The van der Waals surface area contributed by atoms with Crippen molar-refractivity contribution >= 4 is 5.91 Å². The van der Waals surface area contributed by atoms with Crippen LogP contribution >= 0.6 is 0 Å². The van der Waals surface area contributed by atoms with Gasteiger partial charge in [0.25, 0.3) is 0 Å². The summed E-state index contributed by atoms with van der Waals surface area (Å²) in [5.74, 6) is 0.203. The summed E-state index contributed by atoms with van der Waals surface area (Å²) in [7, 11) is 0. The zero-order valence-electron chi connectivity index (χ0n) is 14.0. The Balaban J connectivity index is 2.46. The first-order valence-electron chi connectivity index (χ1n) is 7.90. The van der Waals surface area contributed by atoms with E-state index in [4.69, 9.17) is 0 Å². The minimum absolute atomic E-state index is 0.0209. The van der Waals surface area contributed by atoms with Crippen LogP contribution in [0.1, 0.15) is 60.8 Å². The fourth-order valence-electron chi connectivity index (χ4n) is 3.29. The van der Waals surface area contributed by atoms with Gasteiger partial charge in [-0.3, -0.25) is 9.69 Å². The van der Waals surface area contributed by atoms with Gasteiger partial charge in [-0.15, -0.1) is 0 Å². The van der Waals surface area contributed by atoms with Gasteiger partial charge >= 0.3 is 0 Å². The molecule has 0 aromatic carbocycles. The first-order valence-corrected chi connectivity index (χ1v) is 7.90. The Kier molecular flexibility index (Phi) is 4.03. The summed E-state index contributed by atoms with van der Waals surface area (Å²) >= 11 is 0. The van der Waals surface area contributed by atoms with Crippen molar-refractivity contribution in [3.05, 3.63) is 11.3 Å². The van der Waals surface area contributed by atoms with Crippen LogP contribution < -0.4 is 5.32 Å². The molecule has 114 valence electrons. The molecule has 0 unspecified atom stereocenters. The predicted molar refractivity (Wildman–Crippen MR) is 83.3 cm³/mol. The van der Waals surface area contributed by atoms with Crippen LogP contribution in [0.15, 0.2) is 11.3 Å². The third-order valence-electron chi connectivity index (χ3n) is 4.48. The minimum atomic E-state index is -0.0209. The zero-order chi connectivity index (χ0) is 15.1. The summed E-state index contributed by atoms with van der Waals surface area (Å²) in [6.07, 6.45) is 3.39. The molecule has 1 atom stereocenters. The van der Waals surface area contributed by atoms with E-state index < -0.39 is 0 Å². The molecule has 1 fully saturated rings. The van der Waals surface area contributed by atoms with E-state index in [-0.39, 0.29) is 22.8 Å². The molecule has 0 radical (unpaired) electrons. The molecule has 0 aliphatic carbocycles. The molecular formula is C17H30N2O. The molecule has 0 saturated carbocycles. The molecule has 1 N–H and O–H groups in total. The minimum Gasteiger partial charge on any atom is -0.328 e. The molecular weight excluding hydrogens is 248 g/mol. The van der Waals surface area contributed by atoms with Crippen molar-refractivity contribution in [2.75, 3.05) is 13.1 Å². The standard InChI is InChI=1S/C17H30N2O/c1-16(2,3)12-11-19-10-8-7-9-13(19)15(20)18-14(12)17(4,5)6/h13H,7-11H2,1-6H3,(H,18,20)/t13-/m0/s1. The number of nitrogens with one attached hydrogen (secondary N) is 1. The highest BCUT2D eigenvalue weighted by Gasteiger charge is 2.38. The Morgan fingerprint density at radius 2 is 1.70 bits per heavy atom. The third kappa shape index (κ3) is 3.08. The van der Waals surface area contributed by atoms with Crippen LogP contribution in [0.5, 0.6) is 0 Å². The van der Waals surface area contributed by atoms with Crippen molar-refractivity contribution < 1.29 is 4.79 Å². The second-order valence-corrected chi connectivity index (χ2v) is 8.32. The highest BCUT2D eigenvalue weighted by molar-refractivity contribution is 5.84. The third-order valence-corrected chi connectivity index (χ3v) is 4.48. The maximum atomic E-state index is 12.6. The van der Waals surface area contributed by atoms with Crippen molar-refractivity contribution in [2.45, 2.75) is 66.8 Å². The molecule has 0 aromatic heterocycles. The van der Waals surface area contributed by atoms with Crippen molar-refractivity contribution in [1.29, 1.82) is 0 Å². The maximum Gasteiger partial charge on any atom is 0.241 e. The molecule has 1 amide bonds. The van der Waals surface area contributed by atoms with Crippen molar-refractivity contribution in [2.24, 2.45) is 10.8 Å². The van der Waals surface area contributed by atoms with Gasteiger partial charge in [-0.25, -0.2) is 0 Å². The molecule has 3 heteroatoms. The Bertz CT molecular complexity index is 423. The highest BCUT2D eigenvalue weighted by atomic mass is 16.2. The summed E-state index contributed by atoms with van der Waals surface area (Å²) in [5.41, 5.74) is 2.60. The summed E-state index contributed by atoms with van der Waals surface area (Å²) in [6.45, 7) is 15.3. The lowest BCUT2D eigenvalue weighted by Gasteiger charge is -2.35. The Hall–Kier alpha value is -0.830. The average Bonchev–Trinajstić information content (AvgIpc) is 2.46. The number of allylic oxidation sites excluding steroid dienone is 1. The predicted octanol–water partition coefficient (Wildman–Crippen LogP) is 3.32. The number of piperidine rings is 1. The van der Waals surface area contributed by atoms with E-state index in [9.17, 15) is 4.79 Å². The van der Waals surface area contributed by atoms with Gasteiger partial charge < -0.3 is 5.32 Å². The zero-order valence-corrected chi connectivity index (χ0v) is 14.0. The van der Waals surface area contributed by atoms with Crippen LogP contribution in [-0.4, -0.2) is 29.9 Å². The Morgan fingerprint density at radius 3 is 2.25 bits per heavy atom. The number of hydrogen-bond acceptors (Lipinski definition) is 2. The summed E-state index contributed by atoms with van der Waals surface area (Å²) in [6, 6.07) is 0.0703. The average molecular weight is 278 g/mol. The van der Waals surface area contributed by atoms with Crippen LogP contribution in [0, 0.1) is 10.8 Å². The number of amides is 1. The summed E-state index contributed by atoms with van der Waals surface area (Å²) in [4.78, 5) is 15.0. The Labute approximate surface area is 123 Å².